The van der Waals surface area contributed by atoms with E-state index in [2.05, 4.69) is 35.8 Å². The van der Waals surface area contributed by atoms with Crippen LogP contribution >= 0.6 is 0 Å². The Morgan fingerprint density at radius 2 is 1.95 bits per heavy atom. The Bertz CT molecular complexity index is 567. The predicted molar refractivity (Wildman–Crippen MR) is 86.2 cm³/mol. The number of aromatic nitrogens is 4. The number of H-pyrrole nitrogens is 1. The second kappa shape index (κ2) is 7.41. The maximum Gasteiger partial charge on any atom is 0.106 e. The van der Waals surface area contributed by atoms with E-state index in [0.29, 0.717) is 0 Å². The van der Waals surface area contributed by atoms with E-state index in [1.54, 1.807) is 0 Å². The van der Waals surface area contributed by atoms with Crippen molar-refractivity contribution < 1.29 is 0 Å². The summed E-state index contributed by atoms with van der Waals surface area (Å²) in [5, 5.41) is 4.57. The molecule has 0 amide bonds. The van der Waals surface area contributed by atoms with Gasteiger partial charge in [-0.25, -0.2) is 4.98 Å². The number of nitrogens with zero attached hydrogens (tertiary/aromatic N) is 3. The maximum atomic E-state index is 5.50. The topological polar surface area (TPSA) is 72.5 Å². The number of hydrogen-bond donors (Lipinski definition) is 2. The van der Waals surface area contributed by atoms with Gasteiger partial charge in [0.1, 0.15) is 5.82 Å². The van der Waals surface area contributed by atoms with Crippen LogP contribution in [0.3, 0.4) is 0 Å². The van der Waals surface area contributed by atoms with Crippen LogP contribution in [-0.4, -0.2) is 26.3 Å². The minimum absolute atomic E-state index is 0.796. The summed E-state index contributed by atoms with van der Waals surface area (Å²) in [6.45, 7) is 7.98. The van der Waals surface area contributed by atoms with E-state index in [0.717, 1.165) is 43.1 Å². The Balaban J connectivity index is 2.01. The van der Waals surface area contributed by atoms with E-state index in [9.17, 15) is 0 Å². The average molecular weight is 289 g/mol. The van der Waals surface area contributed by atoms with Gasteiger partial charge in [0.05, 0.1) is 17.6 Å². The molecule has 116 valence electrons. The molecule has 0 aliphatic carbocycles. The number of aromatic amines is 1. The highest BCUT2D eigenvalue weighted by Gasteiger charge is 2.14. The van der Waals surface area contributed by atoms with Crippen molar-refractivity contribution >= 4 is 0 Å². The molecule has 0 saturated carbocycles. The normalized spacial score (nSPS) is 11.2. The largest absolute Gasteiger partial charge is 0.342 e. The lowest BCUT2D eigenvalue weighted by Crippen LogP contribution is -1.98. The van der Waals surface area contributed by atoms with Gasteiger partial charge in [-0.1, -0.05) is 12.8 Å². The first-order valence-electron chi connectivity index (χ1n) is 7.95. The van der Waals surface area contributed by atoms with Gasteiger partial charge < -0.3 is 10.7 Å². The molecule has 0 bridgehead atoms. The van der Waals surface area contributed by atoms with E-state index < -0.39 is 0 Å². The second-order valence-electron chi connectivity index (χ2n) is 5.56. The standard InChI is InChI=1S/C16H27N5/c1-4-21-13(3)16(12(2)20-21)14-11-18-15(19-14)9-7-5-6-8-10-17/h11H,4-10,17H2,1-3H3,(H,18,19). The van der Waals surface area contributed by atoms with Crippen molar-refractivity contribution in [2.75, 3.05) is 6.54 Å². The summed E-state index contributed by atoms with van der Waals surface area (Å²) in [6.07, 6.45) is 7.67. The van der Waals surface area contributed by atoms with Crippen LogP contribution in [-0.2, 0) is 13.0 Å². The summed E-state index contributed by atoms with van der Waals surface area (Å²) in [6, 6.07) is 0. The molecule has 0 spiro atoms. The van der Waals surface area contributed by atoms with Crippen LogP contribution < -0.4 is 5.73 Å². The van der Waals surface area contributed by atoms with Crippen molar-refractivity contribution in [3.8, 4) is 11.3 Å². The van der Waals surface area contributed by atoms with E-state index in [-0.39, 0.29) is 0 Å². The molecule has 2 aromatic heterocycles. The number of aryl methyl sites for hydroxylation is 3. The van der Waals surface area contributed by atoms with Gasteiger partial charge in [-0.15, -0.1) is 0 Å². The molecule has 21 heavy (non-hydrogen) atoms. The fourth-order valence-corrected chi connectivity index (χ4v) is 2.80. The van der Waals surface area contributed by atoms with Gasteiger partial charge in [0.2, 0.25) is 0 Å². The molecule has 0 aliphatic rings. The first-order valence-corrected chi connectivity index (χ1v) is 7.95. The molecule has 2 heterocycles. The van der Waals surface area contributed by atoms with Crippen LogP contribution in [0.2, 0.25) is 0 Å². The summed E-state index contributed by atoms with van der Waals surface area (Å²) in [5.41, 5.74) is 10.0. The average Bonchev–Trinajstić information content (AvgIpc) is 3.03. The summed E-state index contributed by atoms with van der Waals surface area (Å²) < 4.78 is 2.04. The maximum absolute atomic E-state index is 5.50. The van der Waals surface area contributed by atoms with Gasteiger partial charge in [-0.05, 0) is 40.2 Å². The second-order valence-corrected chi connectivity index (χ2v) is 5.56. The fraction of sp³-hybridized carbons (Fsp3) is 0.625. The highest BCUT2D eigenvalue weighted by molar-refractivity contribution is 5.64. The Labute approximate surface area is 127 Å². The van der Waals surface area contributed by atoms with Gasteiger partial charge in [0, 0.05) is 24.2 Å². The zero-order chi connectivity index (χ0) is 15.2. The van der Waals surface area contributed by atoms with Crippen LogP contribution in [0.4, 0.5) is 0 Å². The molecule has 0 radical (unpaired) electrons. The SMILES string of the molecule is CCn1nc(C)c(-c2cnc(CCCCCCN)[nH]2)c1C. The molecule has 0 unspecified atom stereocenters. The van der Waals surface area contributed by atoms with E-state index >= 15 is 0 Å². The van der Waals surface area contributed by atoms with Gasteiger partial charge in [0.15, 0.2) is 0 Å². The zero-order valence-electron chi connectivity index (χ0n) is 13.4. The minimum Gasteiger partial charge on any atom is -0.342 e. The fourth-order valence-electron chi connectivity index (χ4n) is 2.80. The van der Waals surface area contributed by atoms with Crippen molar-refractivity contribution in [2.45, 2.75) is 59.4 Å². The molecule has 0 aliphatic heterocycles. The van der Waals surface area contributed by atoms with Crippen molar-refractivity contribution in [2.24, 2.45) is 5.73 Å². The Kier molecular flexibility index (Phi) is 5.56. The number of imidazole rings is 1. The minimum atomic E-state index is 0.796. The molecular weight excluding hydrogens is 262 g/mol. The Hall–Kier alpha value is -1.62. The number of nitrogens with two attached hydrogens (primary N) is 1. The lowest BCUT2D eigenvalue weighted by molar-refractivity contribution is 0.634. The Morgan fingerprint density at radius 1 is 1.19 bits per heavy atom. The summed E-state index contributed by atoms with van der Waals surface area (Å²) in [7, 11) is 0. The Morgan fingerprint density at radius 3 is 2.62 bits per heavy atom. The van der Waals surface area contributed by atoms with Crippen molar-refractivity contribution in [1.29, 1.82) is 0 Å². The monoisotopic (exact) mass is 289 g/mol. The molecule has 0 atom stereocenters. The van der Waals surface area contributed by atoms with Crippen LogP contribution in [0.1, 0.15) is 49.8 Å². The highest BCUT2D eigenvalue weighted by atomic mass is 15.3. The van der Waals surface area contributed by atoms with Gasteiger partial charge >= 0.3 is 0 Å². The molecule has 0 fully saturated rings. The predicted octanol–water partition coefficient (Wildman–Crippen LogP) is 2.97. The first kappa shape index (κ1) is 15.8. The molecule has 2 rings (SSSR count). The molecule has 5 nitrogen and oxygen atoms in total. The molecule has 2 aromatic rings. The number of rotatable bonds is 8. The summed E-state index contributed by atoms with van der Waals surface area (Å²) in [5.74, 6) is 1.07. The third-order valence-corrected chi connectivity index (χ3v) is 3.95. The molecule has 5 heteroatoms. The van der Waals surface area contributed by atoms with Gasteiger partial charge in [-0.3, -0.25) is 4.68 Å². The molecule has 0 saturated heterocycles. The number of unbranched alkanes of at least 4 members (excludes halogenated alkanes) is 3. The van der Waals surface area contributed by atoms with E-state index in [4.69, 9.17) is 5.73 Å². The first-order chi connectivity index (χ1) is 10.2. The lowest BCUT2D eigenvalue weighted by atomic mass is 10.1. The van der Waals surface area contributed by atoms with Crippen molar-refractivity contribution in [3.05, 3.63) is 23.4 Å². The third-order valence-electron chi connectivity index (χ3n) is 3.95. The van der Waals surface area contributed by atoms with Crippen LogP contribution in [0.5, 0.6) is 0 Å². The highest BCUT2D eigenvalue weighted by Crippen LogP contribution is 2.25. The quantitative estimate of drug-likeness (QED) is 0.734. The molecule has 0 aromatic carbocycles. The van der Waals surface area contributed by atoms with E-state index in [1.807, 2.05) is 10.9 Å². The number of hydrogen-bond acceptors (Lipinski definition) is 3. The van der Waals surface area contributed by atoms with Crippen LogP contribution in [0.15, 0.2) is 6.20 Å². The lowest BCUT2D eigenvalue weighted by Gasteiger charge is -2.01. The zero-order valence-corrected chi connectivity index (χ0v) is 13.4. The van der Waals surface area contributed by atoms with Crippen LogP contribution in [0.25, 0.3) is 11.3 Å². The van der Waals surface area contributed by atoms with E-state index in [1.165, 1.54) is 30.5 Å². The van der Waals surface area contributed by atoms with Crippen molar-refractivity contribution in [3.63, 3.8) is 0 Å². The van der Waals surface area contributed by atoms with Crippen LogP contribution in [0, 0.1) is 13.8 Å². The summed E-state index contributed by atoms with van der Waals surface area (Å²) >= 11 is 0. The van der Waals surface area contributed by atoms with Crippen molar-refractivity contribution in [1.82, 2.24) is 19.7 Å². The van der Waals surface area contributed by atoms with Gasteiger partial charge in [0.25, 0.3) is 0 Å². The third kappa shape index (κ3) is 3.73. The van der Waals surface area contributed by atoms with Gasteiger partial charge in [-0.2, -0.15) is 5.10 Å². The smallest absolute Gasteiger partial charge is 0.106 e. The molecular formula is C16H27N5. The number of nitrogens with one attached hydrogen (secondary N) is 1. The summed E-state index contributed by atoms with van der Waals surface area (Å²) in [4.78, 5) is 7.96. The molecule has 3 N–H and O–H groups in total.